The molecule has 6 nitrogen and oxygen atoms in total. The molecule has 18 heavy (non-hydrogen) atoms. The lowest BCUT2D eigenvalue weighted by Crippen LogP contribution is -2.53. The summed E-state index contributed by atoms with van der Waals surface area (Å²) in [5.41, 5.74) is 0. The van der Waals surface area contributed by atoms with Crippen molar-refractivity contribution in [3.05, 3.63) is 0 Å². The third-order valence-corrected chi connectivity index (χ3v) is 3.84. The SMILES string of the molecule is CNC1COCC1C(=O)N1CCCCC1C(=O)O. The van der Waals surface area contributed by atoms with Gasteiger partial charge in [-0.1, -0.05) is 0 Å². The van der Waals surface area contributed by atoms with Gasteiger partial charge < -0.3 is 20.1 Å². The van der Waals surface area contributed by atoms with Crippen molar-refractivity contribution in [1.29, 1.82) is 0 Å². The van der Waals surface area contributed by atoms with Crippen molar-refractivity contribution in [2.45, 2.75) is 31.3 Å². The van der Waals surface area contributed by atoms with Crippen LogP contribution in [0, 0.1) is 5.92 Å². The van der Waals surface area contributed by atoms with E-state index in [0.717, 1.165) is 12.8 Å². The number of carbonyl (C=O) groups excluding carboxylic acids is 1. The molecule has 0 aromatic heterocycles. The Kier molecular flexibility index (Phi) is 4.19. The normalized spacial score (nSPS) is 32.5. The third kappa shape index (κ3) is 2.49. The predicted octanol–water partition coefficient (Wildman–Crippen LogP) is -0.313. The lowest BCUT2D eigenvalue weighted by Gasteiger charge is -2.35. The summed E-state index contributed by atoms with van der Waals surface area (Å²) in [6, 6.07) is -0.668. The molecule has 0 aliphatic carbocycles. The molecule has 2 saturated heterocycles. The zero-order valence-corrected chi connectivity index (χ0v) is 10.6. The number of aliphatic carboxylic acids is 1. The smallest absolute Gasteiger partial charge is 0.326 e. The van der Waals surface area contributed by atoms with Crippen molar-refractivity contribution in [3.63, 3.8) is 0 Å². The highest BCUT2D eigenvalue weighted by molar-refractivity contribution is 5.86. The molecule has 3 unspecified atom stereocenters. The number of nitrogens with zero attached hydrogens (tertiary/aromatic N) is 1. The number of hydrogen-bond acceptors (Lipinski definition) is 4. The summed E-state index contributed by atoms with van der Waals surface area (Å²) in [6.45, 7) is 1.44. The number of amides is 1. The van der Waals surface area contributed by atoms with Crippen LogP contribution in [0.4, 0.5) is 0 Å². The molecule has 0 bridgehead atoms. The van der Waals surface area contributed by atoms with Crippen LogP contribution in [0.2, 0.25) is 0 Å². The minimum atomic E-state index is -0.900. The first kappa shape index (κ1) is 13.3. The van der Waals surface area contributed by atoms with Crippen LogP contribution in [0.1, 0.15) is 19.3 Å². The molecule has 2 heterocycles. The fourth-order valence-electron chi connectivity index (χ4n) is 2.75. The predicted molar refractivity (Wildman–Crippen MR) is 64.1 cm³/mol. The molecule has 0 spiro atoms. The summed E-state index contributed by atoms with van der Waals surface area (Å²) in [5, 5.41) is 12.2. The Morgan fingerprint density at radius 2 is 2.11 bits per heavy atom. The van der Waals surface area contributed by atoms with E-state index in [2.05, 4.69) is 5.32 Å². The summed E-state index contributed by atoms with van der Waals surface area (Å²) in [5.74, 6) is -1.24. The molecule has 0 aromatic carbocycles. The topological polar surface area (TPSA) is 78.9 Å². The maximum Gasteiger partial charge on any atom is 0.326 e. The fourth-order valence-corrected chi connectivity index (χ4v) is 2.75. The Hall–Kier alpha value is -1.14. The van der Waals surface area contributed by atoms with Gasteiger partial charge in [-0.2, -0.15) is 0 Å². The molecule has 102 valence electrons. The van der Waals surface area contributed by atoms with E-state index in [1.54, 1.807) is 7.05 Å². The van der Waals surface area contributed by atoms with E-state index < -0.39 is 12.0 Å². The first-order chi connectivity index (χ1) is 8.65. The van der Waals surface area contributed by atoms with E-state index in [-0.39, 0.29) is 17.9 Å². The van der Waals surface area contributed by atoms with Crippen molar-refractivity contribution < 1.29 is 19.4 Å². The van der Waals surface area contributed by atoms with Crippen LogP contribution < -0.4 is 5.32 Å². The molecule has 2 aliphatic heterocycles. The summed E-state index contributed by atoms with van der Waals surface area (Å²) in [4.78, 5) is 25.1. The highest BCUT2D eigenvalue weighted by atomic mass is 16.5. The van der Waals surface area contributed by atoms with Crippen molar-refractivity contribution in [2.75, 3.05) is 26.8 Å². The minimum Gasteiger partial charge on any atom is -0.480 e. The van der Waals surface area contributed by atoms with Gasteiger partial charge in [-0.3, -0.25) is 4.79 Å². The Labute approximate surface area is 106 Å². The highest BCUT2D eigenvalue weighted by Gasteiger charge is 2.40. The molecule has 0 saturated carbocycles. The summed E-state index contributed by atoms with van der Waals surface area (Å²) < 4.78 is 5.31. The average Bonchev–Trinajstić information content (AvgIpc) is 2.86. The molecule has 2 aliphatic rings. The zero-order valence-electron chi connectivity index (χ0n) is 10.6. The first-order valence-electron chi connectivity index (χ1n) is 6.43. The van der Waals surface area contributed by atoms with Gasteiger partial charge in [0, 0.05) is 12.6 Å². The van der Waals surface area contributed by atoms with Gasteiger partial charge in [0.25, 0.3) is 0 Å². The van der Waals surface area contributed by atoms with Crippen LogP contribution in [0.15, 0.2) is 0 Å². The van der Waals surface area contributed by atoms with Gasteiger partial charge in [-0.25, -0.2) is 4.79 Å². The van der Waals surface area contributed by atoms with Gasteiger partial charge in [0.2, 0.25) is 5.91 Å². The second kappa shape index (κ2) is 5.67. The zero-order chi connectivity index (χ0) is 13.1. The molecule has 3 atom stereocenters. The van der Waals surface area contributed by atoms with E-state index in [1.165, 1.54) is 4.90 Å². The largest absolute Gasteiger partial charge is 0.480 e. The number of likely N-dealkylation sites (tertiary alicyclic amines) is 1. The van der Waals surface area contributed by atoms with Crippen molar-refractivity contribution in [2.24, 2.45) is 5.92 Å². The van der Waals surface area contributed by atoms with Crippen LogP contribution in [0.3, 0.4) is 0 Å². The first-order valence-corrected chi connectivity index (χ1v) is 6.43. The van der Waals surface area contributed by atoms with E-state index in [1.807, 2.05) is 0 Å². The van der Waals surface area contributed by atoms with E-state index >= 15 is 0 Å². The van der Waals surface area contributed by atoms with Crippen molar-refractivity contribution >= 4 is 11.9 Å². The second-order valence-electron chi connectivity index (χ2n) is 4.92. The number of ether oxygens (including phenoxy) is 1. The van der Waals surface area contributed by atoms with Crippen molar-refractivity contribution in [3.8, 4) is 0 Å². The number of carbonyl (C=O) groups is 2. The van der Waals surface area contributed by atoms with Gasteiger partial charge in [-0.05, 0) is 26.3 Å². The molecular formula is C12H20N2O4. The van der Waals surface area contributed by atoms with Gasteiger partial charge in [0.05, 0.1) is 19.1 Å². The quantitative estimate of drug-likeness (QED) is 0.724. The average molecular weight is 256 g/mol. The van der Waals surface area contributed by atoms with E-state index in [4.69, 9.17) is 4.74 Å². The van der Waals surface area contributed by atoms with Crippen LogP contribution >= 0.6 is 0 Å². The van der Waals surface area contributed by atoms with Crippen LogP contribution in [-0.2, 0) is 14.3 Å². The number of hydrogen-bond donors (Lipinski definition) is 2. The number of rotatable bonds is 3. The maximum atomic E-state index is 12.4. The van der Waals surface area contributed by atoms with Gasteiger partial charge in [0.1, 0.15) is 6.04 Å². The number of likely N-dealkylation sites (N-methyl/N-ethyl adjacent to an activating group) is 1. The number of carboxylic acids is 1. The monoisotopic (exact) mass is 256 g/mol. The van der Waals surface area contributed by atoms with Gasteiger partial charge in [-0.15, -0.1) is 0 Å². The van der Waals surface area contributed by atoms with Crippen LogP contribution in [-0.4, -0.2) is 60.8 Å². The molecule has 0 aromatic rings. The number of piperidine rings is 1. The Balaban J connectivity index is 2.08. The Morgan fingerprint density at radius 1 is 1.33 bits per heavy atom. The van der Waals surface area contributed by atoms with E-state index in [9.17, 15) is 14.7 Å². The molecule has 6 heteroatoms. The molecule has 0 radical (unpaired) electrons. The molecule has 1 amide bonds. The molecule has 2 N–H and O–H groups in total. The summed E-state index contributed by atoms with van der Waals surface area (Å²) in [7, 11) is 1.80. The summed E-state index contributed by atoms with van der Waals surface area (Å²) >= 11 is 0. The lowest BCUT2D eigenvalue weighted by molar-refractivity contribution is -0.154. The third-order valence-electron chi connectivity index (χ3n) is 3.84. The second-order valence-corrected chi connectivity index (χ2v) is 4.92. The van der Waals surface area contributed by atoms with E-state index in [0.29, 0.717) is 26.2 Å². The molecular weight excluding hydrogens is 236 g/mol. The van der Waals surface area contributed by atoms with Gasteiger partial charge >= 0.3 is 5.97 Å². The Bertz CT molecular complexity index is 334. The van der Waals surface area contributed by atoms with Gasteiger partial charge in [0.15, 0.2) is 0 Å². The standard InChI is InChI=1S/C12H20N2O4/c1-13-9-7-18-6-8(9)11(15)14-5-3-2-4-10(14)12(16)17/h8-10,13H,2-7H2,1H3,(H,16,17). The fraction of sp³-hybridized carbons (Fsp3) is 0.833. The number of carboxylic acid groups (broad SMARTS) is 1. The highest BCUT2D eigenvalue weighted by Crippen LogP contribution is 2.23. The van der Waals surface area contributed by atoms with Crippen molar-refractivity contribution in [1.82, 2.24) is 10.2 Å². The lowest BCUT2D eigenvalue weighted by atomic mass is 9.96. The maximum absolute atomic E-state index is 12.4. The Morgan fingerprint density at radius 3 is 2.78 bits per heavy atom. The number of nitrogens with one attached hydrogen (secondary N) is 1. The van der Waals surface area contributed by atoms with Crippen LogP contribution in [0.25, 0.3) is 0 Å². The summed E-state index contributed by atoms with van der Waals surface area (Å²) in [6.07, 6.45) is 2.31. The van der Waals surface area contributed by atoms with Crippen LogP contribution in [0.5, 0.6) is 0 Å². The minimum absolute atomic E-state index is 0.00567. The molecule has 2 fully saturated rings. The molecule has 2 rings (SSSR count).